The number of rotatable bonds is 6. The second-order valence-corrected chi connectivity index (χ2v) is 9.80. The molecule has 0 saturated carbocycles. The van der Waals surface area contributed by atoms with Crippen LogP contribution in [0.25, 0.3) is 0 Å². The van der Waals surface area contributed by atoms with Gasteiger partial charge in [-0.15, -0.1) is 0 Å². The van der Waals surface area contributed by atoms with Gasteiger partial charge in [0.25, 0.3) is 5.78 Å². The molecular formula is C23H23NO4P+. The van der Waals surface area contributed by atoms with Crippen molar-refractivity contribution in [3.8, 4) is 0 Å². The summed E-state index contributed by atoms with van der Waals surface area (Å²) in [5.74, 6) is -1.48. The van der Waals surface area contributed by atoms with Gasteiger partial charge in [-0.25, -0.2) is 9.59 Å². The van der Waals surface area contributed by atoms with Crippen molar-refractivity contribution in [3.63, 3.8) is 0 Å². The van der Waals surface area contributed by atoms with E-state index in [2.05, 4.69) is 5.32 Å². The van der Waals surface area contributed by atoms with E-state index in [4.69, 9.17) is 9.47 Å². The molecule has 0 fully saturated rings. The maximum atomic E-state index is 13.1. The number of carbonyl (C=O) groups excluding carboxylic acids is 2. The molecule has 3 aromatic carbocycles. The lowest BCUT2D eigenvalue weighted by molar-refractivity contribution is -0.140. The van der Waals surface area contributed by atoms with Crippen LogP contribution in [0.3, 0.4) is 0 Å². The van der Waals surface area contributed by atoms with Crippen molar-refractivity contribution in [2.45, 2.75) is 5.78 Å². The van der Waals surface area contributed by atoms with E-state index in [0.717, 1.165) is 15.9 Å². The Balaban J connectivity index is 2.40. The highest BCUT2D eigenvalue weighted by Gasteiger charge is 2.57. The third-order valence-electron chi connectivity index (χ3n) is 4.74. The van der Waals surface area contributed by atoms with Gasteiger partial charge in [0, 0.05) is 0 Å². The molecule has 5 nitrogen and oxygen atoms in total. The third kappa shape index (κ3) is 4.01. The first-order chi connectivity index (χ1) is 14.1. The largest absolute Gasteiger partial charge is 0.465 e. The van der Waals surface area contributed by atoms with E-state index in [-0.39, 0.29) is 0 Å². The van der Waals surface area contributed by atoms with Gasteiger partial charge in [0.15, 0.2) is 0 Å². The third-order valence-corrected chi connectivity index (χ3v) is 9.19. The molecule has 1 amide bonds. The summed E-state index contributed by atoms with van der Waals surface area (Å²) < 4.78 is 9.98. The maximum Gasteiger partial charge on any atom is 0.410 e. The fourth-order valence-electron chi connectivity index (χ4n) is 3.48. The first-order valence-corrected chi connectivity index (χ1v) is 11.0. The number of alkyl carbamates (subject to hydrolysis) is 1. The smallest absolute Gasteiger partial charge is 0.410 e. The molecule has 0 saturated heterocycles. The van der Waals surface area contributed by atoms with E-state index >= 15 is 0 Å². The molecule has 0 radical (unpaired) electrons. The molecule has 0 aliphatic rings. The summed E-state index contributed by atoms with van der Waals surface area (Å²) in [6, 6.07) is 29.3. The van der Waals surface area contributed by atoms with Gasteiger partial charge in [-0.05, 0) is 36.4 Å². The quantitative estimate of drug-likeness (QED) is 0.503. The summed E-state index contributed by atoms with van der Waals surface area (Å²) in [5.41, 5.74) is 0. The normalized spacial score (nSPS) is 11.9. The Labute approximate surface area is 171 Å². The number of nitrogens with one attached hydrogen (secondary N) is 1. The lowest BCUT2D eigenvalue weighted by Gasteiger charge is -2.32. The number of amides is 1. The molecule has 0 aliphatic heterocycles. The fourth-order valence-corrected chi connectivity index (χ4v) is 7.92. The zero-order valence-electron chi connectivity index (χ0n) is 16.3. The van der Waals surface area contributed by atoms with E-state index in [0.29, 0.717) is 0 Å². The van der Waals surface area contributed by atoms with Crippen LogP contribution in [0, 0.1) is 0 Å². The summed E-state index contributed by atoms with van der Waals surface area (Å²) in [5, 5.41) is 5.61. The molecule has 1 atom stereocenters. The van der Waals surface area contributed by atoms with Crippen LogP contribution in [0.2, 0.25) is 0 Å². The highest BCUT2D eigenvalue weighted by atomic mass is 31.2. The minimum Gasteiger partial charge on any atom is -0.465 e. The molecule has 3 aromatic rings. The molecule has 29 heavy (non-hydrogen) atoms. The van der Waals surface area contributed by atoms with E-state index in [1.807, 2.05) is 91.0 Å². The lowest BCUT2D eigenvalue weighted by Crippen LogP contribution is -2.51. The molecule has 0 spiro atoms. The predicted octanol–water partition coefficient (Wildman–Crippen LogP) is 2.84. The molecule has 0 heterocycles. The Morgan fingerprint density at radius 3 is 1.38 bits per heavy atom. The van der Waals surface area contributed by atoms with Gasteiger partial charge in [-0.1, -0.05) is 54.6 Å². The van der Waals surface area contributed by atoms with Gasteiger partial charge in [0.1, 0.15) is 23.2 Å². The van der Waals surface area contributed by atoms with Gasteiger partial charge < -0.3 is 9.47 Å². The standard InChI is InChI=1S/C23H22NO4P/c1-27-22(25)21(24-23(26)28-2)29(18-12-6-3-7-13-18,19-14-8-4-9-15-19)20-16-10-5-11-17-20/h3-17,21H,1-2H3/p+1. The van der Waals surface area contributed by atoms with E-state index in [1.54, 1.807) is 0 Å². The van der Waals surface area contributed by atoms with Crippen LogP contribution >= 0.6 is 7.26 Å². The van der Waals surface area contributed by atoms with Crippen LogP contribution in [0.1, 0.15) is 0 Å². The summed E-state index contributed by atoms with van der Waals surface area (Å²) in [4.78, 5) is 25.3. The van der Waals surface area contributed by atoms with Crippen molar-refractivity contribution >= 4 is 35.2 Å². The Hall–Kier alpha value is -3.17. The zero-order chi connectivity index (χ0) is 20.7. The second-order valence-electron chi connectivity index (χ2n) is 6.29. The second kappa shape index (κ2) is 9.35. The number of hydrogen-bond donors (Lipinski definition) is 1. The van der Waals surface area contributed by atoms with Gasteiger partial charge >= 0.3 is 12.1 Å². The summed E-state index contributed by atoms with van der Waals surface area (Å²) >= 11 is 0. The minimum atomic E-state index is -2.69. The van der Waals surface area contributed by atoms with Crippen molar-refractivity contribution in [2.24, 2.45) is 0 Å². The number of methoxy groups -OCH3 is 2. The Kier molecular flexibility index (Phi) is 6.63. The molecule has 0 aromatic heterocycles. The highest BCUT2D eigenvalue weighted by Crippen LogP contribution is 2.59. The van der Waals surface area contributed by atoms with Gasteiger partial charge in [0.2, 0.25) is 0 Å². The first-order valence-electron chi connectivity index (χ1n) is 9.12. The summed E-state index contributed by atoms with van der Waals surface area (Å²) in [6.45, 7) is 0. The minimum absolute atomic E-state index is 0.528. The average Bonchev–Trinajstić information content (AvgIpc) is 2.80. The monoisotopic (exact) mass is 408 g/mol. The number of carbonyl (C=O) groups is 2. The van der Waals surface area contributed by atoms with Gasteiger partial charge in [-0.2, -0.15) is 0 Å². The molecule has 3 rings (SSSR count). The van der Waals surface area contributed by atoms with Crippen LogP contribution in [-0.2, 0) is 14.3 Å². The van der Waals surface area contributed by atoms with Crippen molar-refractivity contribution in [1.82, 2.24) is 5.32 Å². The molecule has 0 aliphatic carbocycles. The van der Waals surface area contributed by atoms with Gasteiger partial charge in [-0.3, -0.25) is 5.32 Å². The van der Waals surface area contributed by atoms with Gasteiger partial charge in [0.05, 0.1) is 14.2 Å². The summed E-state index contributed by atoms with van der Waals surface area (Å²) in [6.07, 6.45) is -0.687. The average molecular weight is 408 g/mol. The van der Waals surface area contributed by atoms with Crippen LogP contribution < -0.4 is 21.2 Å². The molecule has 1 N–H and O–H groups in total. The molecule has 148 valence electrons. The summed E-state index contributed by atoms with van der Waals surface area (Å²) in [7, 11) is -0.0911. The van der Waals surface area contributed by atoms with Crippen LogP contribution in [-0.4, -0.2) is 32.1 Å². The number of hydrogen-bond acceptors (Lipinski definition) is 4. The van der Waals surface area contributed by atoms with Crippen LogP contribution in [0.5, 0.6) is 0 Å². The molecule has 1 unspecified atom stereocenters. The Morgan fingerprint density at radius 1 is 0.690 bits per heavy atom. The van der Waals surface area contributed by atoms with E-state index in [1.165, 1.54) is 14.2 Å². The molecule has 0 bridgehead atoms. The highest BCUT2D eigenvalue weighted by molar-refractivity contribution is 7.96. The SMILES string of the molecule is COC(=O)NC(C(=O)OC)[P+](c1ccccc1)(c1ccccc1)c1ccccc1. The maximum absolute atomic E-state index is 13.1. The van der Waals surface area contributed by atoms with Crippen molar-refractivity contribution in [1.29, 1.82) is 0 Å². The Morgan fingerprint density at radius 2 is 1.07 bits per heavy atom. The predicted molar refractivity (Wildman–Crippen MR) is 116 cm³/mol. The van der Waals surface area contributed by atoms with Crippen LogP contribution in [0.15, 0.2) is 91.0 Å². The zero-order valence-corrected chi connectivity index (χ0v) is 17.2. The number of ether oxygens (including phenoxy) is 2. The van der Waals surface area contributed by atoms with Crippen molar-refractivity contribution in [3.05, 3.63) is 91.0 Å². The van der Waals surface area contributed by atoms with E-state index < -0.39 is 25.1 Å². The topological polar surface area (TPSA) is 64.6 Å². The number of esters is 1. The molecule has 6 heteroatoms. The lowest BCUT2D eigenvalue weighted by atomic mass is 10.4. The Bertz CT molecular complexity index is 852. The molecular weight excluding hydrogens is 385 g/mol. The first kappa shape index (κ1) is 20.6. The fraction of sp³-hybridized carbons (Fsp3) is 0.130. The van der Waals surface area contributed by atoms with Crippen molar-refractivity contribution in [2.75, 3.05) is 14.2 Å². The van der Waals surface area contributed by atoms with E-state index in [9.17, 15) is 9.59 Å². The van der Waals surface area contributed by atoms with Crippen LogP contribution in [0.4, 0.5) is 4.79 Å². The van der Waals surface area contributed by atoms with Crippen molar-refractivity contribution < 1.29 is 19.1 Å². The number of benzene rings is 3.